The van der Waals surface area contributed by atoms with Gasteiger partial charge < -0.3 is 9.84 Å². The summed E-state index contributed by atoms with van der Waals surface area (Å²) < 4.78 is 66.9. The zero-order valence-electron chi connectivity index (χ0n) is 9.97. The number of esters is 1. The second-order valence-electron chi connectivity index (χ2n) is 3.50. The quantitative estimate of drug-likeness (QED) is 0.668. The number of benzene rings is 1. The van der Waals surface area contributed by atoms with Crippen LogP contribution in [0.25, 0.3) is 0 Å². The summed E-state index contributed by atoms with van der Waals surface area (Å²) in [4.78, 5) is 10.5. The number of halogens is 3. The highest BCUT2D eigenvalue weighted by molar-refractivity contribution is 7.86. The normalized spacial score (nSPS) is 12.2. The molecule has 0 amide bonds. The molecule has 0 bridgehead atoms. The number of rotatable bonds is 4. The third-order valence-electron chi connectivity index (χ3n) is 2.04. The van der Waals surface area contributed by atoms with Crippen LogP contribution in [0.3, 0.4) is 0 Å². The Morgan fingerprint density at radius 1 is 1.35 bits per heavy atom. The Morgan fingerprint density at radius 3 is 2.45 bits per heavy atom. The van der Waals surface area contributed by atoms with Crippen LogP contribution >= 0.6 is 0 Å². The largest absolute Gasteiger partial charge is 0.507 e. The molecule has 20 heavy (non-hydrogen) atoms. The number of hydrogen-bond donors (Lipinski definition) is 1. The van der Waals surface area contributed by atoms with Crippen molar-refractivity contribution in [2.24, 2.45) is 0 Å². The second-order valence-corrected chi connectivity index (χ2v) is 5.12. The molecule has 0 heterocycles. The maximum Gasteiger partial charge on any atom is 0.413 e. The summed E-state index contributed by atoms with van der Waals surface area (Å²) in [6.45, 7) is -2.00. The van der Waals surface area contributed by atoms with Gasteiger partial charge in [0.2, 0.25) is 0 Å². The van der Waals surface area contributed by atoms with Gasteiger partial charge in [0.05, 0.1) is 12.0 Å². The molecule has 1 rings (SSSR count). The maximum absolute atomic E-state index is 11.9. The van der Waals surface area contributed by atoms with E-state index in [1.165, 1.54) is 0 Å². The van der Waals surface area contributed by atoms with Crippen molar-refractivity contribution in [2.45, 2.75) is 11.1 Å². The van der Waals surface area contributed by atoms with Gasteiger partial charge in [-0.25, -0.2) is 4.79 Å². The van der Waals surface area contributed by atoms with Gasteiger partial charge in [-0.3, -0.25) is 4.18 Å². The first-order valence-electron chi connectivity index (χ1n) is 4.94. The lowest BCUT2D eigenvalue weighted by Crippen LogP contribution is -2.20. The van der Waals surface area contributed by atoms with E-state index in [2.05, 4.69) is 8.92 Å². The van der Waals surface area contributed by atoms with Gasteiger partial charge in [0.15, 0.2) is 6.61 Å². The minimum Gasteiger partial charge on any atom is -0.507 e. The number of ether oxygens (including phenoxy) is 1. The molecule has 0 spiro atoms. The van der Waals surface area contributed by atoms with Crippen molar-refractivity contribution >= 4 is 16.1 Å². The smallest absolute Gasteiger partial charge is 0.413 e. The van der Waals surface area contributed by atoms with Crippen molar-refractivity contribution in [3.05, 3.63) is 23.8 Å². The summed E-state index contributed by atoms with van der Waals surface area (Å²) >= 11 is 0. The molecule has 0 atom stereocenters. The van der Waals surface area contributed by atoms with Crippen LogP contribution in [-0.2, 0) is 19.0 Å². The number of carbonyl (C=O) groups is 1. The van der Waals surface area contributed by atoms with E-state index in [-0.39, 0.29) is 0 Å². The van der Waals surface area contributed by atoms with Crippen molar-refractivity contribution in [3.63, 3.8) is 0 Å². The van der Waals surface area contributed by atoms with E-state index in [4.69, 9.17) is 0 Å². The highest BCUT2D eigenvalue weighted by Gasteiger charge is 2.32. The lowest BCUT2D eigenvalue weighted by molar-refractivity contribution is -0.152. The van der Waals surface area contributed by atoms with Crippen molar-refractivity contribution in [1.82, 2.24) is 0 Å². The van der Waals surface area contributed by atoms with E-state index in [1.54, 1.807) is 0 Å². The Morgan fingerprint density at radius 2 is 1.95 bits per heavy atom. The minimum absolute atomic E-state index is 0.510. The van der Waals surface area contributed by atoms with Crippen molar-refractivity contribution in [3.8, 4) is 5.75 Å². The van der Waals surface area contributed by atoms with Crippen LogP contribution in [0.1, 0.15) is 10.4 Å². The van der Waals surface area contributed by atoms with Gasteiger partial charge in [-0.2, -0.15) is 21.6 Å². The van der Waals surface area contributed by atoms with E-state index < -0.39 is 45.1 Å². The standard InChI is InChI=1S/C10H9F3O6S/c1-18-9(15)7-4-6(2-3-8(7)14)20(16,17)19-5-10(11,12)13/h2-4,14H,5H2,1H3. The maximum atomic E-state index is 11.9. The second kappa shape index (κ2) is 5.67. The Kier molecular flexibility index (Phi) is 4.61. The number of alkyl halides is 3. The summed E-state index contributed by atoms with van der Waals surface area (Å²) in [5, 5.41) is 9.34. The topological polar surface area (TPSA) is 89.9 Å². The van der Waals surface area contributed by atoms with Crippen LogP contribution < -0.4 is 0 Å². The average molecular weight is 314 g/mol. The first kappa shape index (κ1) is 16.2. The molecule has 0 aliphatic carbocycles. The van der Waals surface area contributed by atoms with Crippen molar-refractivity contribution in [1.29, 1.82) is 0 Å². The summed E-state index contributed by atoms with van der Waals surface area (Å²) in [7, 11) is -3.72. The van der Waals surface area contributed by atoms with Gasteiger partial charge in [0.25, 0.3) is 10.1 Å². The summed E-state index contributed by atoms with van der Waals surface area (Å²) in [6.07, 6.45) is -4.82. The third kappa shape index (κ3) is 4.10. The fraction of sp³-hybridized carbons (Fsp3) is 0.300. The van der Waals surface area contributed by atoms with Crippen LogP contribution in [0, 0.1) is 0 Å². The number of methoxy groups -OCH3 is 1. The Labute approximate surface area is 111 Å². The fourth-order valence-corrected chi connectivity index (χ4v) is 2.08. The van der Waals surface area contributed by atoms with E-state index in [1.807, 2.05) is 0 Å². The van der Waals surface area contributed by atoms with Crippen LogP contribution in [0.4, 0.5) is 13.2 Å². The Hall–Kier alpha value is -1.81. The molecule has 1 N–H and O–H groups in total. The molecular weight excluding hydrogens is 305 g/mol. The van der Waals surface area contributed by atoms with E-state index in [0.717, 1.165) is 19.2 Å². The highest BCUT2D eigenvalue weighted by Crippen LogP contribution is 2.24. The summed E-state index contributed by atoms with van der Waals surface area (Å²) in [6, 6.07) is 2.29. The fourth-order valence-electron chi connectivity index (χ4n) is 1.16. The van der Waals surface area contributed by atoms with Gasteiger partial charge in [0.1, 0.15) is 11.3 Å². The van der Waals surface area contributed by atoms with Crippen molar-refractivity contribution < 1.29 is 40.4 Å². The van der Waals surface area contributed by atoms with Crippen LogP contribution in [0.15, 0.2) is 23.1 Å². The van der Waals surface area contributed by atoms with Crippen LogP contribution in [-0.4, -0.2) is 39.4 Å². The highest BCUT2D eigenvalue weighted by atomic mass is 32.2. The van der Waals surface area contributed by atoms with E-state index in [0.29, 0.717) is 6.07 Å². The molecule has 6 nitrogen and oxygen atoms in total. The predicted octanol–water partition coefficient (Wildman–Crippen LogP) is 1.45. The molecule has 0 aromatic heterocycles. The summed E-state index contributed by atoms with van der Waals surface area (Å²) in [5.41, 5.74) is -0.510. The molecule has 0 aliphatic rings. The molecule has 1 aromatic rings. The molecule has 0 saturated heterocycles. The predicted molar refractivity (Wildman–Crippen MR) is 58.6 cm³/mol. The van der Waals surface area contributed by atoms with Gasteiger partial charge in [-0.1, -0.05) is 0 Å². The number of hydrogen-bond acceptors (Lipinski definition) is 6. The van der Waals surface area contributed by atoms with Gasteiger partial charge >= 0.3 is 12.1 Å². The zero-order valence-corrected chi connectivity index (χ0v) is 10.8. The average Bonchev–Trinajstić information content (AvgIpc) is 2.35. The molecule has 0 aliphatic heterocycles. The Bertz CT molecular complexity index is 608. The molecule has 0 unspecified atom stereocenters. The minimum atomic E-state index is -4.82. The van der Waals surface area contributed by atoms with Gasteiger partial charge in [-0.15, -0.1) is 0 Å². The van der Waals surface area contributed by atoms with Crippen LogP contribution in [0.5, 0.6) is 5.75 Å². The molecule has 1 aromatic carbocycles. The molecule has 0 fully saturated rings. The molecular formula is C10H9F3O6S. The third-order valence-corrected chi connectivity index (χ3v) is 3.30. The van der Waals surface area contributed by atoms with Gasteiger partial charge in [0, 0.05) is 0 Å². The monoisotopic (exact) mass is 314 g/mol. The Balaban J connectivity index is 3.11. The first-order chi connectivity index (χ1) is 9.07. The lowest BCUT2D eigenvalue weighted by Gasteiger charge is -2.09. The van der Waals surface area contributed by atoms with Crippen LogP contribution in [0.2, 0.25) is 0 Å². The zero-order chi connectivity index (χ0) is 15.6. The number of aromatic hydroxyl groups is 1. The molecule has 0 saturated carbocycles. The van der Waals surface area contributed by atoms with Crippen molar-refractivity contribution in [2.75, 3.05) is 13.7 Å². The van der Waals surface area contributed by atoms with E-state index >= 15 is 0 Å². The van der Waals surface area contributed by atoms with E-state index in [9.17, 15) is 31.5 Å². The number of phenolic OH excluding ortho intramolecular Hbond substituents is 1. The van der Waals surface area contributed by atoms with Gasteiger partial charge in [-0.05, 0) is 18.2 Å². The molecule has 10 heteroatoms. The first-order valence-corrected chi connectivity index (χ1v) is 6.35. The SMILES string of the molecule is COC(=O)c1cc(S(=O)(=O)OCC(F)(F)F)ccc1O. The summed E-state index contributed by atoms with van der Waals surface area (Å²) in [5.74, 6) is -1.62. The lowest BCUT2D eigenvalue weighted by atomic mass is 10.2. The molecule has 0 radical (unpaired) electrons. The number of phenols is 1. The molecule has 112 valence electrons. The number of carbonyl (C=O) groups excluding carboxylic acids is 1.